The van der Waals surface area contributed by atoms with Crippen LogP contribution in [0.25, 0.3) is 0 Å². The lowest BCUT2D eigenvalue weighted by atomic mass is 9.99. The minimum atomic E-state index is -0.315. The fourth-order valence-corrected chi connectivity index (χ4v) is 1.02. The summed E-state index contributed by atoms with van der Waals surface area (Å²) in [6, 6.07) is -0.629. The van der Waals surface area contributed by atoms with E-state index in [1.54, 1.807) is 0 Å². The molecule has 1 rings (SSSR count). The van der Waals surface area contributed by atoms with Crippen molar-refractivity contribution in [2.75, 3.05) is 0 Å². The molecule has 4 heteroatoms. The van der Waals surface area contributed by atoms with Gasteiger partial charge in [0.15, 0.2) is 0 Å². The first-order valence-electron chi connectivity index (χ1n) is 3.48. The van der Waals surface area contributed by atoms with Crippen molar-refractivity contribution in [2.24, 2.45) is 9.98 Å². The lowest BCUT2D eigenvalue weighted by Gasteiger charge is -2.15. The molecule has 0 radical (unpaired) electrons. The van der Waals surface area contributed by atoms with Gasteiger partial charge >= 0.3 is 0 Å². The first-order chi connectivity index (χ1) is 5.88. The third-order valence-corrected chi connectivity index (χ3v) is 1.63. The van der Waals surface area contributed by atoms with Crippen LogP contribution in [0.5, 0.6) is 0 Å². The van der Waals surface area contributed by atoms with Crippen molar-refractivity contribution in [3.63, 3.8) is 0 Å². The van der Waals surface area contributed by atoms with E-state index in [4.69, 9.17) is 0 Å². The van der Waals surface area contributed by atoms with Crippen LogP contribution in [-0.2, 0) is 9.59 Å². The van der Waals surface area contributed by atoms with Gasteiger partial charge in [-0.1, -0.05) is 0 Å². The molecule has 0 saturated heterocycles. The Morgan fingerprint density at radius 1 is 1.00 bits per heavy atom. The molecule has 1 aliphatic carbocycles. The standard InChI is InChI=1S/C8H6N2O2/c11-5-9-7-3-1-2-4-8(7)10-6-12/h7-8H,3-4H2/t7-,8-/m0/s1. The van der Waals surface area contributed by atoms with Crippen LogP contribution in [-0.4, -0.2) is 24.2 Å². The highest BCUT2D eigenvalue weighted by Gasteiger charge is 2.21. The minimum absolute atomic E-state index is 0.315. The third kappa shape index (κ3) is 1.90. The van der Waals surface area contributed by atoms with Crippen molar-refractivity contribution >= 4 is 12.2 Å². The zero-order valence-electron chi connectivity index (χ0n) is 6.28. The van der Waals surface area contributed by atoms with E-state index < -0.39 is 0 Å². The fraction of sp³-hybridized carbons (Fsp3) is 0.500. The van der Waals surface area contributed by atoms with Gasteiger partial charge in [-0.2, -0.15) is 9.98 Å². The van der Waals surface area contributed by atoms with E-state index in [9.17, 15) is 9.59 Å². The van der Waals surface area contributed by atoms with Crippen molar-refractivity contribution in [3.05, 3.63) is 0 Å². The maximum absolute atomic E-state index is 9.94. The molecule has 0 amide bonds. The van der Waals surface area contributed by atoms with Crippen molar-refractivity contribution < 1.29 is 9.59 Å². The number of isocyanates is 2. The SMILES string of the molecule is O=C=N[C@H]1CC#CC[C@@H]1N=C=O. The normalized spacial score (nSPS) is 25.7. The summed E-state index contributed by atoms with van der Waals surface area (Å²) in [7, 11) is 0. The van der Waals surface area contributed by atoms with Crippen LogP contribution in [0.2, 0.25) is 0 Å². The first-order valence-corrected chi connectivity index (χ1v) is 3.48. The van der Waals surface area contributed by atoms with Gasteiger partial charge in [0.1, 0.15) is 0 Å². The Balaban J connectivity index is 2.78. The summed E-state index contributed by atoms with van der Waals surface area (Å²) in [6.45, 7) is 0. The zero-order valence-corrected chi connectivity index (χ0v) is 6.28. The summed E-state index contributed by atoms with van der Waals surface area (Å²) in [5.74, 6) is 5.59. The maximum atomic E-state index is 9.94. The van der Waals surface area contributed by atoms with Crippen LogP contribution in [0.15, 0.2) is 9.98 Å². The molecule has 0 spiro atoms. The Morgan fingerprint density at radius 2 is 1.42 bits per heavy atom. The van der Waals surface area contributed by atoms with Gasteiger partial charge in [-0.25, -0.2) is 9.59 Å². The van der Waals surface area contributed by atoms with Crippen LogP contribution >= 0.6 is 0 Å². The average Bonchev–Trinajstić information content (AvgIpc) is 2.09. The van der Waals surface area contributed by atoms with Crippen LogP contribution in [0.3, 0.4) is 0 Å². The number of aliphatic imine (C=N–C) groups is 2. The third-order valence-electron chi connectivity index (χ3n) is 1.63. The molecular weight excluding hydrogens is 156 g/mol. The first kappa shape index (κ1) is 8.42. The molecule has 12 heavy (non-hydrogen) atoms. The Bertz CT molecular complexity index is 284. The highest BCUT2D eigenvalue weighted by molar-refractivity contribution is 5.37. The molecule has 2 atom stereocenters. The van der Waals surface area contributed by atoms with Crippen LogP contribution in [0, 0.1) is 11.8 Å². The van der Waals surface area contributed by atoms with E-state index in [0.29, 0.717) is 12.8 Å². The van der Waals surface area contributed by atoms with Crippen LogP contribution in [0.4, 0.5) is 0 Å². The summed E-state index contributed by atoms with van der Waals surface area (Å²) >= 11 is 0. The molecule has 0 bridgehead atoms. The second kappa shape index (κ2) is 4.25. The summed E-state index contributed by atoms with van der Waals surface area (Å²) in [6.07, 6.45) is 3.81. The molecule has 0 aromatic heterocycles. The Morgan fingerprint density at radius 3 is 1.75 bits per heavy atom. The number of rotatable bonds is 2. The number of hydrogen-bond donors (Lipinski definition) is 0. The molecule has 4 nitrogen and oxygen atoms in total. The molecule has 1 aliphatic rings. The molecule has 60 valence electrons. The number of nitrogens with zero attached hydrogens (tertiary/aromatic N) is 2. The molecule has 0 fully saturated rings. The second-order valence-corrected chi connectivity index (χ2v) is 2.34. The maximum Gasteiger partial charge on any atom is 0.235 e. The highest BCUT2D eigenvalue weighted by atomic mass is 16.1. The predicted octanol–water partition coefficient (Wildman–Crippen LogP) is 0.192. The van der Waals surface area contributed by atoms with Gasteiger partial charge in [-0.15, -0.1) is 11.8 Å². The van der Waals surface area contributed by atoms with Gasteiger partial charge in [0.2, 0.25) is 12.2 Å². The van der Waals surface area contributed by atoms with E-state index in [1.165, 1.54) is 12.2 Å². The molecule has 0 saturated carbocycles. The Kier molecular flexibility index (Phi) is 2.98. The monoisotopic (exact) mass is 162 g/mol. The fourth-order valence-electron chi connectivity index (χ4n) is 1.02. The van der Waals surface area contributed by atoms with Crippen LogP contribution < -0.4 is 0 Å². The predicted molar refractivity (Wildman–Crippen MR) is 40.8 cm³/mol. The van der Waals surface area contributed by atoms with Gasteiger partial charge in [-0.05, 0) is 0 Å². The van der Waals surface area contributed by atoms with E-state index in [1.807, 2.05) is 0 Å². The molecule has 0 heterocycles. The molecule has 0 aliphatic heterocycles. The zero-order chi connectivity index (χ0) is 8.81. The molecule has 0 aromatic carbocycles. The topological polar surface area (TPSA) is 58.9 Å². The second-order valence-electron chi connectivity index (χ2n) is 2.34. The smallest absolute Gasteiger partial charge is 0.211 e. The van der Waals surface area contributed by atoms with Gasteiger partial charge in [0.25, 0.3) is 0 Å². The highest BCUT2D eigenvalue weighted by Crippen LogP contribution is 2.13. The summed E-state index contributed by atoms with van der Waals surface area (Å²) in [5.41, 5.74) is 0. The lowest BCUT2D eigenvalue weighted by Crippen LogP contribution is -2.24. The largest absolute Gasteiger partial charge is 0.235 e. The van der Waals surface area contributed by atoms with Crippen molar-refractivity contribution in [1.82, 2.24) is 0 Å². The van der Waals surface area contributed by atoms with Crippen molar-refractivity contribution in [1.29, 1.82) is 0 Å². The molecule has 0 aromatic rings. The average molecular weight is 162 g/mol. The van der Waals surface area contributed by atoms with E-state index in [2.05, 4.69) is 21.8 Å². The van der Waals surface area contributed by atoms with Gasteiger partial charge in [-0.3, -0.25) is 0 Å². The summed E-state index contributed by atoms with van der Waals surface area (Å²) < 4.78 is 0. The van der Waals surface area contributed by atoms with Gasteiger partial charge in [0.05, 0.1) is 12.1 Å². The van der Waals surface area contributed by atoms with E-state index >= 15 is 0 Å². The summed E-state index contributed by atoms with van der Waals surface area (Å²) in [5, 5.41) is 0. The minimum Gasteiger partial charge on any atom is -0.211 e. The van der Waals surface area contributed by atoms with E-state index in [-0.39, 0.29) is 12.1 Å². The van der Waals surface area contributed by atoms with Crippen molar-refractivity contribution in [2.45, 2.75) is 24.9 Å². The van der Waals surface area contributed by atoms with Gasteiger partial charge in [0, 0.05) is 12.8 Å². The number of hydrogen-bond acceptors (Lipinski definition) is 4. The molecular formula is C8H6N2O2. The van der Waals surface area contributed by atoms with Crippen LogP contribution in [0.1, 0.15) is 12.8 Å². The quantitative estimate of drug-likeness (QED) is 0.330. The summed E-state index contributed by atoms with van der Waals surface area (Å²) in [4.78, 5) is 26.9. The molecule has 0 unspecified atom stereocenters. The molecule has 0 N–H and O–H groups in total. The van der Waals surface area contributed by atoms with Gasteiger partial charge < -0.3 is 0 Å². The number of carbonyl (C=O) groups excluding carboxylic acids is 2. The van der Waals surface area contributed by atoms with E-state index in [0.717, 1.165) is 0 Å². The Hall–Kier alpha value is -1.68. The van der Waals surface area contributed by atoms with Crippen molar-refractivity contribution in [3.8, 4) is 11.8 Å². The Labute approximate surface area is 69.4 Å². The lowest BCUT2D eigenvalue weighted by molar-refractivity contribution is 0.508.